The molecule has 0 atom stereocenters. The zero-order valence-electron chi connectivity index (χ0n) is 8.03. The molecule has 80 valence electrons. The van der Waals surface area contributed by atoms with Crippen LogP contribution in [0.5, 0.6) is 0 Å². The summed E-state index contributed by atoms with van der Waals surface area (Å²) in [5, 5.41) is 8.43. The second-order valence-electron chi connectivity index (χ2n) is 2.87. The molecule has 0 rings (SSSR count). The van der Waals surface area contributed by atoms with E-state index in [4.69, 9.17) is 9.29 Å². The smallest absolute Gasteiger partial charge is 0.267 e. The molecule has 0 heterocycles. The van der Waals surface area contributed by atoms with Crippen LogP contribution in [0.25, 0.3) is 0 Å². The van der Waals surface area contributed by atoms with Crippen LogP contribution in [-0.2, 0) is 14.3 Å². The predicted octanol–water partition coefficient (Wildman–Crippen LogP) is 0.905. The molecule has 0 amide bonds. The maximum Gasteiger partial charge on any atom is 0.267 e. The zero-order valence-corrected chi connectivity index (χ0v) is 8.85. The van der Waals surface area contributed by atoms with Crippen molar-refractivity contribution < 1.29 is 17.7 Å². The number of hydrogen-bond donors (Lipinski definition) is 1. The van der Waals surface area contributed by atoms with Gasteiger partial charge in [-0.3, -0.25) is 4.18 Å². The molecule has 0 aliphatic rings. The van der Waals surface area contributed by atoms with Crippen LogP contribution in [0.1, 0.15) is 32.6 Å². The Hall–Kier alpha value is -0.130. The summed E-state index contributed by atoms with van der Waals surface area (Å²) in [6.45, 7) is 2.20. The first-order valence-electron chi connectivity index (χ1n) is 4.60. The molecule has 0 aliphatic carbocycles. The fourth-order valence-corrected chi connectivity index (χ4v) is 1.91. The second kappa shape index (κ2) is 7.29. The quantitative estimate of drug-likeness (QED) is 0.477. The minimum Gasteiger partial charge on any atom is -0.396 e. The predicted molar refractivity (Wildman–Crippen MR) is 51.0 cm³/mol. The van der Waals surface area contributed by atoms with Crippen LogP contribution in [0.3, 0.4) is 0 Å². The topological polar surface area (TPSA) is 63.6 Å². The first-order valence-corrected chi connectivity index (χ1v) is 6.18. The van der Waals surface area contributed by atoms with E-state index in [0.717, 1.165) is 6.42 Å². The Morgan fingerprint density at radius 3 is 2.46 bits per heavy atom. The maximum absolute atomic E-state index is 11.1. The third-order valence-electron chi connectivity index (χ3n) is 1.56. The van der Waals surface area contributed by atoms with Gasteiger partial charge in [0.25, 0.3) is 10.1 Å². The van der Waals surface area contributed by atoms with Gasteiger partial charge in [0.05, 0.1) is 12.4 Å². The van der Waals surface area contributed by atoms with Gasteiger partial charge in [-0.1, -0.05) is 13.3 Å². The van der Waals surface area contributed by atoms with Gasteiger partial charge in [0.1, 0.15) is 0 Å². The van der Waals surface area contributed by atoms with E-state index in [1.54, 1.807) is 0 Å². The molecule has 0 aromatic heterocycles. The van der Waals surface area contributed by atoms with Crippen molar-refractivity contribution in [2.24, 2.45) is 0 Å². The summed E-state index contributed by atoms with van der Waals surface area (Å²) in [7, 11) is -3.31. The molecule has 4 nitrogen and oxygen atoms in total. The Bertz CT molecular complexity index is 198. The molecule has 0 aromatic carbocycles. The summed E-state index contributed by atoms with van der Waals surface area (Å²) in [6.07, 6.45) is 2.66. The van der Waals surface area contributed by atoms with Crippen molar-refractivity contribution in [2.75, 3.05) is 19.0 Å². The summed E-state index contributed by atoms with van der Waals surface area (Å²) < 4.78 is 26.8. The average molecular weight is 210 g/mol. The summed E-state index contributed by atoms with van der Waals surface area (Å²) >= 11 is 0. The van der Waals surface area contributed by atoms with Gasteiger partial charge in [0, 0.05) is 6.61 Å². The Labute approximate surface area is 80.0 Å². The SMILES string of the molecule is CCCCS(=O)(=O)OCCCCO. The minimum absolute atomic E-state index is 0.0817. The van der Waals surface area contributed by atoms with Crippen molar-refractivity contribution in [1.82, 2.24) is 0 Å². The van der Waals surface area contributed by atoms with E-state index in [9.17, 15) is 8.42 Å². The normalized spacial score (nSPS) is 11.8. The van der Waals surface area contributed by atoms with Crippen molar-refractivity contribution in [3.05, 3.63) is 0 Å². The molecular weight excluding hydrogens is 192 g/mol. The monoisotopic (exact) mass is 210 g/mol. The van der Waals surface area contributed by atoms with Gasteiger partial charge in [-0.2, -0.15) is 8.42 Å². The third kappa shape index (κ3) is 8.21. The Kier molecular flexibility index (Phi) is 7.22. The van der Waals surface area contributed by atoms with Gasteiger partial charge in [0.2, 0.25) is 0 Å². The number of aliphatic hydroxyl groups excluding tert-OH is 1. The molecule has 0 aromatic rings. The van der Waals surface area contributed by atoms with Gasteiger partial charge < -0.3 is 5.11 Å². The highest BCUT2D eigenvalue weighted by molar-refractivity contribution is 7.86. The van der Waals surface area contributed by atoms with Crippen LogP contribution >= 0.6 is 0 Å². The standard InChI is InChI=1S/C8H18O4S/c1-2-3-8-13(10,11)12-7-5-4-6-9/h9H,2-8H2,1H3. The van der Waals surface area contributed by atoms with Crippen molar-refractivity contribution in [3.8, 4) is 0 Å². The van der Waals surface area contributed by atoms with Gasteiger partial charge >= 0.3 is 0 Å². The molecule has 0 saturated carbocycles. The van der Waals surface area contributed by atoms with Crippen LogP contribution in [0, 0.1) is 0 Å². The number of hydrogen-bond acceptors (Lipinski definition) is 4. The molecule has 0 unspecified atom stereocenters. The maximum atomic E-state index is 11.1. The van der Waals surface area contributed by atoms with E-state index >= 15 is 0 Å². The molecule has 0 spiro atoms. The molecule has 0 saturated heterocycles. The summed E-state index contributed by atoms with van der Waals surface area (Å²) in [6, 6.07) is 0. The van der Waals surface area contributed by atoms with E-state index in [-0.39, 0.29) is 19.0 Å². The lowest BCUT2D eigenvalue weighted by Crippen LogP contribution is -2.11. The number of aliphatic hydroxyl groups is 1. The third-order valence-corrected chi connectivity index (χ3v) is 2.88. The van der Waals surface area contributed by atoms with Crippen molar-refractivity contribution in [1.29, 1.82) is 0 Å². The van der Waals surface area contributed by atoms with Crippen molar-refractivity contribution in [2.45, 2.75) is 32.6 Å². The van der Waals surface area contributed by atoms with E-state index < -0.39 is 10.1 Å². The lowest BCUT2D eigenvalue weighted by atomic mass is 10.3. The molecule has 0 fully saturated rings. The highest BCUT2D eigenvalue weighted by atomic mass is 32.2. The lowest BCUT2D eigenvalue weighted by molar-refractivity contribution is 0.255. The number of rotatable bonds is 8. The molecule has 0 radical (unpaired) electrons. The van der Waals surface area contributed by atoms with E-state index in [1.165, 1.54) is 0 Å². The van der Waals surface area contributed by atoms with Gasteiger partial charge in [-0.25, -0.2) is 0 Å². The summed E-state index contributed by atoms with van der Waals surface area (Å²) in [4.78, 5) is 0. The Balaban J connectivity index is 3.52. The fraction of sp³-hybridized carbons (Fsp3) is 1.00. The fourth-order valence-electron chi connectivity index (χ4n) is 0.780. The van der Waals surface area contributed by atoms with Crippen molar-refractivity contribution >= 4 is 10.1 Å². The van der Waals surface area contributed by atoms with Crippen LogP contribution in [0.4, 0.5) is 0 Å². The second-order valence-corrected chi connectivity index (χ2v) is 4.63. The zero-order chi connectivity index (χ0) is 10.2. The molecule has 13 heavy (non-hydrogen) atoms. The van der Waals surface area contributed by atoms with E-state index in [1.807, 2.05) is 6.92 Å². The molecule has 0 aliphatic heterocycles. The minimum atomic E-state index is -3.31. The highest BCUT2D eigenvalue weighted by Crippen LogP contribution is 2.00. The average Bonchev–Trinajstić information content (AvgIpc) is 2.09. The Morgan fingerprint density at radius 1 is 1.23 bits per heavy atom. The molecule has 5 heteroatoms. The van der Waals surface area contributed by atoms with Crippen LogP contribution < -0.4 is 0 Å². The van der Waals surface area contributed by atoms with Gasteiger partial charge in [0.15, 0.2) is 0 Å². The van der Waals surface area contributed by atoms with E-state index in [0.29, 0.717) is 19.3 Å². The van der Waals surface area contributed by atoms with Crippen LogP contribution in [0.2, 0.25) is 0 Å². The number of unbranched alkanes of at least 4 members (excludes halogenated alkanes) is 2. The molecular formula is C8H18O4S. The van der Waals surface area contributed by atoms with Crippen LogP contribution in [0.15, 0.2) is 0 Å². The molecule has 0 bridgehead atoms. The highest BCUT2D eigenvalue weighted by Gasteiger charge is 2.09. The van der Waals surface area contributed by atoms with Gasteiger partial charge in [-0.05, 0) is 19.3 Å². The summed E-state index contributed by atoms with van der Waals surface area (Å²) in [5.41, 5.74) is 0. The molecule has 1 N–H and O–H groups in total. The lowest BCUT2D eigenvalue weighted by Gasteiger charge is -2.03. The largest absolute Gasteiger partial charge is 0.396 e. The Morgan fingerprint density at radius 2 is 1.92 bits per heavy atom. The van der Waals surface area contributed by atoms with E-state index in [2.05, 4.69) is 0 Å². The first-order chi connectivity index (χ1) is 6.12. The van der Waals surface area contributed by atoms with Crippen LogP contribution in [-0.4, -0.2) is 32.5 Å². The first kappa shape index (κ1) is 12.9. The van der Waals surface area contributed by atoms with Gasteiger partial charge in [-0.15, -0.1) is 0 Å². The van der Waals surface area contributed by atoms with Crippen molar-refractivity contribution in [3.63, 3.8) is 0 Å². The summed E-state index contributed by atoms with van der Waals surface area (Å²) in [5.74, 6) is 0.0998.